The molecule has 0 fully saturated rings. The van der Waals surface area contributed by atoms with E-state index < -0.39 is 0 Å². The van der Waals surface area contributed by atoms with Crippen molar-refractivity contribution in [3.8, 4) is 0 Å². The van der Waals surface area contributed by atoms with E-state index in [1.54, 1.807) is 4.68 Å². The molecule has 1 aromatic carbocycles. The molecule has 7 heteroatoms. The zero-order chi connectivity index (χ0) is 13.1. The fraction of sp³-hybridized carbons (Fsp3) is 0.273. The van der Waals surface area contributed by atoms with Crippen LogP contribution in [0.25, 0.3) is 0 Å². The van der Waals surface area contributed by atoms with Crippen molar-refractivity contribution in [1.29, 1.82) is 0 Å². The van der Waals surface area contributed by atoms with Crippen molar-refractivity contribution in [2.45, 2.75) is 12.5 Å². The Bertz CT molecular complexity index is 540. The predicted octanol–water partition coefficient (Wildman–Crippen LogP) is 2.09. The van der Waals surface area contributed by atoms with Crippen molar-refractivity contribution in [3.05, 3.63) is 44.6 Å². The van der Waals surface area contributed by atoms with Crippen molar-refractivity contribution < 1.29 is 0 Å². The molecule has 2 rings (SSSR count). The molecule has 0 saturated carbocycles. The summed E-state index contributed by atoms with van der Waals surface area (Å²) in [5.74, 6) is 5.63. The maximum atomic E-state index is 5.63. The van der Waals surface area contributed by atoms with E-state index in [2.05, 4.69) is 47.6 Å². The van der Waals surface area contributed by atoms with E-state index in [0.717, 1.165) is 20.2 Å². The second-order valence-corrected chi connectivity index (χ2v) is 5.74. The quantitative estimate of drug-likeness (QED) is 0.635. The summed E-state index contributed by atoms with van der Waals surface area (Å²) in [6.45, 7) is 0. The van der Waals surface area contributed by atoms with E-state index in [4.69, 9.17) is 5.84 Å². The maximum Gasteiger partial charge on any atom is 0.0846 e. The summed E-state index contributed by atoms with van der Waals surface area (Å²) in [4.78, 5) is 0. The van der Waals surface area contributed by atoms with Crippen LogP contribution < -0.4 is 11.3 Å². The third kappa shape index (κ3) is 3.17. The highest BCUT2D eigenvalue weighted by molar-refractivity contribution is 9.11. The molecule has 0 aliphatic heterocycles. The SMILES string of the molecule is Cn1cc(CC(NN)c2ccc(Br)cc2Br)nn1. The number of halogens is 2. The number of hydrazine groups is 1. The summed E-state index contributed by atoms with van der Waals surface area (Å²) < 4.78 is 3.71. The van der Waals surface area contributed by atoms with Crippen LogP contribution in [0.5, 0.6) is 0 Å². The number of aromatic nitrogens is 3. The second kappa shape index (κ2) is 5.92. The molecule has 0 spiro atoms. The van der Waals surface area contributed by atoms with E-state index in [1.165, 1.54) is 0 Å². The summed E-state index contributed by atoms with van der Waals surface area (Å²) in [5.41, 5.74) is 4.80. The lowest BCUT2D eigenvalue weighted by molar-refractivity contribution is 0.543. The molecule has 2 aromatic rings. The lowest BCUT2D eigenvalue weighted by Gasteiger charge is -2.16. The molecule has 1 aromatic heterocycles. The zero-order valence-electron chi connectivity index (χ0n) is 9.77. The minimum Gasteiger partial charge on any atom is -0.271 e. The van der Waals surface area contributed by atoms with Crippen molar-refractivity contribution in [2.24, 2.45) is 12.9 Å². The van der Waals surface area contributed by atoms with E-state index in [-0.39, 0.29) is 6.04 Å². The Labute approximate surface area is 122 Å². The third-order valence-corrected chi connectivity index (χ3v) is 3.78. The first kappa shape index (κ1) is 13.7. The van der Waals surface area contributed by atoms with Gasteiger partial charge in [0, 0.05) is 28.6 Å². The van der Waals surface area contributed by atoms with E-state index in [9.17, 15) is 0 Å². The number of nitrogens with two attached hydrogens (primary N) is 1. The van der Waals surface area contributed by atoms with E-state index in [0.29, 0.717) is 6.42 Å². The van der Waals surface area contributed by atoms with Gasteiger partial charge in [0.25, 0.3) is 0 Å². The van der Waals surface area contributed by atoms with Crippen molar-refractivity contribution in [3.63, 3.8) is 0 Å². The van der Waals surface area contributed by atoms with Crippen LogP contribution in [-0.2, 0) is 13.5 Å². The van der Waals surface area contributed by atoms with Gasteiger partial charge in [-0.05, 0) is 17.7 Å². The third-order valence-electron chi connectivity index (χ3n) is 2.60. The standard InChI is InChI=1S/C11H13Br2N5/c1-18-6-8(16-17-18)5-11(15-14)9-3-2-7(12)4-10(9)13/h2-4,6,11,15H,5,14H2,1H3. The lowest BCUT2D eigenvalue weighted by atomic mass is 10.0. The van der Waals surface area contributed by atoms with Crippen LogP contribution in [0.2, 0.25) is 0 Å². The molecule has 1 unspecified atom stereocenters. The van der Waals surface area contributed by atoms with Crippen LogP contribution in [0.3, 0.4) is 0 Å². The highest BCUT2D eigenvalue weighted by Crippen LogP contribution is 2.28. The number of benzene rings is 1. The van der Waals surface area contributed by atoms with Gasteiger partial charge in [-0.1, -0.05) is 43.1 Å². The van der Waals surface area contributed by atoms with Crippen LogP contribution in [0.4, 0.5) is 0 Å². The van der Waals surface area contributed by atoms with Crippen LogP contribution in [0, 0.1) is 0 Å². The topological polar surface area (TPSA) is 68.8 Å². The summed E-state index contributed by atoms with van der Waals surface area (Å²) in [6.07, 6.45) is 2.57. The highest BCUT2D eigenvalue weighted by atomic mass is 79.9. The number of nitrogens with zero attached hydrogens (tertiary/aromatic N) is 3. The second-order valence-electron chi connectivity index (χ2n) is 3.97. The first-order chi connectivity index (χ1) is 8.60. The Morgan fingerprint density at radius 3 is 2.78 bits per heavy atom. The fourth-order valence-electron chi connectivity index (χ4n) is 1.74. The number of nitrogens with one attached hydrogen (secondary N) is 1. The maximum absolute atomic E-state index is 5.63. The minimum absolute atomic E-state index is 0.0100. The average molecular weight is 375 g/mol. The van der Waals surface area contributed by atoms with Crippen molar-refractivity contribution in [1.82, 2.24) is 20.4 Å². The molecule has 1 atom stereocenters. The summed E-state index contributed by atoms with van der Waals surface area (Å²) in [5, 5.41) is 7.98. The Morgan fingerprint density at radius 2 is 2.22 bits per heavy atom. The normalized spacial score (nSPS) is 12.7. The van der Waals surface area contributed by atoms with Gasteiger partial charge >= 0.3 is 0 Å². The Balaban J connectivity index is 2.22. The van der Waals surface area contributed by atoms with Gasteiger partial charge in [0.15, 0.2) is 0 Å². The van der Waals surface area contributed by atoms with E-state index >= 15 is 0 Å². The lowest BCUT2D eigenvalue weighted by Crippen LogP contribution is -2.30. The van der Waals surface area contributed by atoms with Crippen LogP contribution in [0.15, 0.2) is 33.3 Å². The zero-order valence-corrected chi connectivity index (χ0v) is 12.9. The molecule has 1 heterocycles. The van der Waals surface area contributed by atoms with Gasteiger partial charge < -0.3 is 0 Å². The monoisotopic (exact) mass is 373 g/mol. The van der Waals surface area contributed by atoms with Gasteiger partial charge in [-0.2, -0.15) is 0 Å². The molecule has 0 amide bonds. The summed E-state index contributed by atoms with van der Waals surface area (Å²) in [6, 6.07) is 6.00. The van der Waals surface area contributed by atoms with Crippen LogP contribution in [0.1, 0.15) is 17.3 Å². The van der Waals surface area contributed by atoms with Gasteiger partial charge in [0.05, 0.1) is 11.7 Å². The molecule has 0 saturated heterocycles. The van der Waals surface area contributed by atoms with Gasteiger partial charge in [-0.3, -0.25) is 16.0 Å². The van der Waals surface area contributed by atoms with Gasteiger partial charge in [-0.25, -0.2) is 0 Å². The molecule has 96 valence electrons. The molecule has 3 N–H and O–H groups in total. The Hall–Kier alpha value is -0.760. The Kier molecular flexibility index (Phi) is 4.50. The number of hydrogen-bond donors (Lipinski definition) is 2. The first-order valence-electron chi connectivity index (χ1n) is 5.36. The van der Waals surface area contributed by atoms with Crippen LogP contribution in [-0.4, -0.2) is 15.0 Å². The highest BCUT2D eigenvalue weighted by Gasteiger charge is 2.15. The van der Waals surface area contributed by atoms with Crippen LogP contribution >= 0.6 is 31.9 Å². The smallest absolute Gasteiger partial charge is 0.0846 e. The number of rotatable bonds is 4. The van der Waals surface area contributed by atoms with E-state index in [1.807, 2.05) is 31.4 Å². The van der Waals surface area contributed by atoms with Gasteiger partial charge in [0.2, 0.25) is 0 Å². The Morgan fingerprint density at radius 1 is 1.44 bits per heavy atom. The molecule has 18 heavy (non-hydrogen) atoms. The molecular weight excluding hydrogens is 362 g/mol. The van der Waals surface area contributed by atoms with Crippen molar-refractivity contribution >= 4 is 31.9 Å². The molecule has 0 aliphatic rings. The molecule has 0 radical (unpaired) electrons. The first-order valence-corrected chi connectivity index (χ1v) is 6.95. The summed E-state index contributed by atoms with van der Waals surface area (Å²) in [7, 11) is 1.84. The molecular formula is C11H13Br2N5. The van der Waals surface area contributed by atoms with Gasteiger partial charge in [0.1, 0.15) is 0 Å². The van der Waals surface area contributed by atoms with Crippen molar-refractivity contribution in [2.75, 3.05) is 0 Å². The number of aryl methyl sites for hydroxylation is 1. The fourth-order valence-corrected chi connectivity index (χ4v) is 3.06. The largest absolute Gasteiger partial charge is 0.271 e. The average Bonchev–Trinajstić information content (AvgIpc) is 2.72. The molecule has 0 aliphatic carbocycles. The minimum atomic E-state index is -0.0100. The van der Waals surface area contributed by atoms with Gasteiger partial charge in [-0.15, -0.1) is 5.10 Å². The predicted molar refractivity (Wildman–Crippen MR) is 76.6 cm³/mol. The molecule has 0 bridgehead atoms. The summed E-state index contributed by atoms with van der Waals surface area (Å²) >= 11 is 6.97. The number of hydrogen-bond acceptors (Lipinski definition) is 4. The molecule has 5 nitrogen and oxygen atoms in total.